The van der Waals surface area contributed by atoms with Crippen molar-refractivity contribution in [3.63, 3.8) is 0 Å². The van der Waals surface area contributed by atoms with E-state index in [-0.39, 0.29) is 5.69 Å². The number of nitrogens with zero attached hydrogens (tertiary/aromatic N) is 1. The minimum absolute atomic E-state index is 0.0568. The standard InChI is InChI=1S/C12H7BrN2O2/c13-6-1-2-7-8-4-10(12(16)17)14-5-11(8)15-9(7)3-6/h1-5,15H,(H,16,17). The molecule has 5 heteroatoms. The third kappa shape index (κ3) is 1.59. The normalized spacial score (nSPS) is 11.1. The number of hydrogen-bond acceptors (Lipinski definition) is 2. The Morgan fingerprint density at radius 1 is 1.24 bits per heavy atom. The van der Waals surface area contributed by atoms with Gasteiger partial charge in [0.1, 0.15) is 5.69 Å². The van der Waals surface area contributed by atoms with Crippen molar-refractivity contribution in [2.24, 2.45) is 0 Å². The van der Waals surface area contributed by atoms with E-state index >= 15 is 0 Å². The number of aromatic nitrogens is 2. The van der Waals surface area contributed by atoms with Crippen LogP contribution in [-0.2, 0) is 0 Å². The summed E-state index contributed by atoms with van der Waals surface area (Å²) in [4.78, 5) is 18.0. The van der Waals surface area contributed by atoms with E-state index in [1.807, 2.05) is 18.2 Å². The Bertz CT molecular complexity index is 749. The van der Waals surface area contributed by atoms with Gasteiger partial charge in [-0.05, 0) is 18.2 Å². The summed E-state index contributed by atoms with van der Waals surface area (Å²) in [5, 5.41) is 10.8. The summed E-state index contributed by atoms with van der Waals surface area (Å²) in [6, 6.07) is 7.42. The molecular formula is C12H7BrN2O2. The molecule has 2 heterocycles. The molecule has 0 saturated heterocycles. The van der Waals surface area contributed by atoms with Crippen LogP contribution in [-0.4, -0.2) is 21.0 Å². The fourth-order valence-electron chi connectivity index (χ4n) is 1.89. The number of aromatic carboxylic acids is 1. The van der Waals surface area contributed by atoms with E-state index in [4.69, 9.17) is 5.11 Å². The molecule has 0 spiro atoms. The van der Waals surface area contributed by atoms with Crippen LogP contribution in [0.5, 0.6) is 0 Å². The predicted molar refractivity (Wildman–Crippen MR) is 68.3 cm³/mol. The highest BCUT2D eigenvalue weighted by molar-refractivity contribution is 9.10. The Morgan fingerprint density at radius 3 is 2.82 bits per heavy atom. The van der Waals surface area contributed by atoms with Crippen LogP contribution in [0.4, 0.5) is 0 Å². The lowest BCUT2D eigenvalue weighted by Crippen LogP contribution is -1.98. The molecule has 0 bridgehead atoms. The Hall–Kier alpha value is -1.88. The number of pyridine rings is 1. The van der Waals surface area contributed by atoms with Crippen LogP contribution >= 0.6 is 15.9 Å². The largest absolute Gasteiger partial charge is 0.477 e. The lowest BCUT2D eigenvalue weighted by Gasteiger charge is -1.94. The lowest BCUT2D eigenvalue weighted by molar-refractivity contribution is 0.0691. The summed E-state index contributed by atoms with van der Waals surface area (Å²) >= 11 is 3.40. The Kier molecular flexibility index (Phi) is 2.16. The molecule has 17 heavy (non-hydrogen) atoms. The average Bonchev–Trinajstić information content (AvgIpc) is 2.64. The molecule has 0 atom stereocenters. The average molecular weight is 291 g/mol. The fourth-order valence-corrected chi connectivity index (χ4v) is 2.26. The van der Waals surface area contributed by atoms with Gasteiger partial charge in [-0.15, -0.1) is 0 Å². The summed E-state index contributed by atoms with van der Waals surface area (Å²) < 4.78 is 0.975. The molecule has 3 rings (SSSR count). The maximum absolute atomic E-state index is 10.9. The first-order valence-corrected chi connectivity index (χ1v) is 5.75. The zero-order chi connectivity index (χ0) is 12.0. The van der Waals surface area contributed by atoms with E-state index in [1.165, 1.54) is 0 Å². The maximum atomic E-state index is 10.9. The molecule has 0 unspecified atom stereocenters. The molecule has 0 radical (unpaired) electrons. The molecule has 0 fully saturated rings. The summed E-state index contributed by atoms with van der Waals surface area (Å²) in [5.74, 6) is -1.02. The zero-order valence-electron chi connectivity index (χ0n) is 8.57. The SMILES string of the molecule is O=C(O)c1cc2c(cn1)[nH]c1cc(Br)ccc12. The van der Waals surface area contributed by atoms with Gasteiger partial charge < -0.3 is 10.1 Å². The van der Waals surface area contributed by atoms with Gasteiger partial charge in [-0.2, -0.15) is 0 Å². The predicted octanol–water partition coefficient (Wildman–Crippen LogP) is 3.18. The molecule has 3 aromatic rings. The van der Waals surface area contributed by atoms with Gasteiger partial charge in [0, 0.05) is 20.8 Å². The van der Waals surface area contributed by atoms with Crippen LogP contribution in [0, 0.1) is 0 Å². The number of carboxylic acids is 1. The number of H-pyrrole nitrogens is 1. The number of carboxylic acid groups (broad SMARTS) is 1. The number of fused-ring (bicyclic) bond motifs is 3. The smallest absolute Gasteiger partial charge is 0.354 e. The molecule has 1 aromatic carbocycles. The van der Waals surface area contributed by atoms with Crippen LogP contribution < -0.4 is 0 Å². The highest BCUT2D eigenvalue weighted by atomic mass is 79.9. The first kappa shape index (κ1) is 10.3. The van der Waals surface area contributed by atoms with E-state index in [9.17, 15) is 4.79 Å². The third-order valence-corrected chi connectivity index (χ3v) is 3.16. The van der Waals surface area contributed by atoms with Crippen LogP contribution in [0.2, 0.25) is 0 Å². The van der Waals surface area contributed by atoms with E-state index in [2.05, 4.69) is 25.9 Å². The van der Waals surface area contributed by atoms with Crippen molar-refractivity contribution in [1.82, 2.24) is 9.97 Å². The van der Waals surface area contributed by atoms with E-state index in [0.717, 1.165) is 26.3 Å². The molecule has 84 valence electrons. The van der Waals surface area contributed by atoms with Crippen molar-refractivity contribution in [2.75, 3.05) is 0 Å². The molecule has 0 aliphatic carbocycles. The van der Waals surface area contributed by atoms with Crippen molar-refractivity contribution in [1.29, 1.82) is 0 Å². The summed E-state index contributed by atoms with van der Waals surface area (Å²) in [7, 11) is 0. The van der Waals surface area contributed by atoms with Gasteiger partial charge >= 0.3 is 5.97 Å². The Labute approximate surface area is 104 Å². The number of hydrogen-bond donors (Lipinski definition) is 2. The number of rotatable bonds is 1. The second-order valence-corrected chi connectivity index (χ2v) is 4.65. The first-order chi connectivity index (χ1) is 8.15. The van der Waals surface area contributed by atoms with Crippen LogP contribution in [0.3, 0.4) is 0 Å². The van der Waals surface area contributed by atoms with Crippen molar-refractivity contribution in [3.8, 4) is 0 Å². The zero-order valence-corrected chi connectivity index (χ0v) is 10.2. The highest BCUT2D eigenvalue weighted by Gasteiger charge is 2.09. The fraction of sp³-hybridized carbons (Fsp3) is 0. The molecule has 2 aromatic heterocycles. The number of halogens is 1. The first-order valence-electron chi connectivity index (χ1n) is 4.95. The summed E-state index contributed by atoms with van der Waals surface area (Å²) in [5.41, 5.74) is 1.85. The summed E-state index contributed by atoms with van der Waals surface area (Å²) in [6.45, 7) is 0. The number of benzene rings is 1. The van der Waals surface area contributed by atoms with Crippen molar-refractivity contribution < 1.29 is 9.90 Å². The van der Waals surface area contributed by atoms with Crippen LogP contribution in [0.25, 0.3) is 21.8 Å². The minimum Gasteiger partial charge on any atom is -0.477 e. The topological polar surface area (TPSA) is 66.0 Å². The van der Waals surface area contributed by atoms with Crippen molar-refractivity contribution >= 4 is 43.7 Å². The minimum atomic E-state index is -1.02. The second kappa shape index (κ2) is 3.56. The van der Waals surface area contributed by atoms with Gasteiger partial charge in [0.25, 0.3) is 0 Å². The van der Waals surface area contributed by atoms with Crippen LogP contribution in [0.1, 0.15) is 10.5 Å². The van der Waals surface area contributed by atoms with E-state index in [1.54, 1.807) is 12.3 Å². The quantitative estimate of drug-likeness (QED) is 0.723. The molecule has 0 aliphatic heterocycles. The van der Waals surface area contributed by atoms with Gasteiger partial charge in [-0.25, -0.2) is 9.78 Å². The van der Waals surface area contributed by atoms with Gasteiger partial charge in [-0.1, -0.05) is 22.0 Å². The van der Waals surface area contributed by atoms with Gasteiger partial charge in [0.05, 0.1) is 11.7 Å². The molecule has 0 amide bonds. The lowest BCUT2D eigenvalue weighted by atomic mass is 10.1. The Morgan fingerprint density at radius 2 is 2.06 bits per heavy atom. The number of aromatic amines is 1. The van der Waals surface area contributed by atoms with E-state index < -0.39 is 5.97 Å². The van der Waals surface area contributed by atoms with Crippen molar-refractivity contribution in [3.05, 3.63) is 40.6 Å². The molecule has 2 N–H and O–H groups in total. The monoisotopic (exact) mass is 290 g/mol. The summed E-state index contributed by atoms with van der Waals surface area (Å²) in [6.07, 6.45) is 1.55. The molecule has 0 saturated carbocycles. The van der Waals surface area contributed by atoms with E-state index in [0.29, 0.717) is 0 Å². The Balaban J connectivity index is 2.41. The second-order valence-electron chi connectivity index (χ2n) is 3.74. The molecular weight excluding hydrogens is 284 g/mol. The van der Waals surface area contributed by atoms with Crippen molar-refractivity contribution in [2.45, 2.75) is 0 Å². The van der Waals surface area contributed by atoms with Gasteiger partial charge in [0.2, 0.25) is 0 Å². The van der Waals surface area contributed by atoms with Crippen LogP contribution in [0.15, 0.2) is 34.9 Å². The molecule has 4 nitrogen and oxygen atoms in total. The maximum Gasteiger partial charge on any atom is 0.354 e. The molecule has 0 aliphatic rings. The number of carbonyl (C=O) groups is 1. The van der Waals surface area contributed by atoms with Gasteiger partial charge in [0.15, 0.2) is 0 Å². The number of nitrogens with one attached hydrogen (secondary N) is 1. The highest BCUT2D eigenvalue weighted by Crippen LogP contribution is 2.27. The van der Waals surface area contributed by atoms with Gasteiger partial charge in [-0.3, -0.25) is 0 Å². The third-order valence-electron chi connectivity index (χ3n) is 2.66.